The summed E-state index contributed by atoms with van der Waals surface area (Å²) >= 11 is 30.8. The van der Waals surface area contributed by atoms with Gasteiger partial charge >= 0.3 is 17.9 Å². The molecule has 0 saturated carbocycles. The maximum atomic E-state index is 11.8. The van der Waals surface area contributed by atoms with Gasteiger partial charge in [-0.1, -0.05) is 43.6 Å². The molecule has 152 valence electrons. The van der Waals surface area contributed by atoms with E-state index in [0.717, 1.165) is 16.1 Å². The predicted molar refractivity (Wildman–Crippen MR) is 115 cm³/mol. The van der Waals surface area contributed by atoms with E-state index in [0.29, 0.717) is 6.42 Å². The Hall–Kier alpha value is -0.450. The lowest BCUT2D eigenvalue weighted by atomic mass is 9.88. The number of hydrogen-bond donors (Lipinski definition) is 0. The first-order valence-electron chi connectivity index (χ1n) is 7.44. The Bertz CT molecular complexity index is 501. The summed E-state index contributed by atoms with van der Waals surface area (Å²) in [5.74, 6) is -2.36. The average molecular weight is 496 g/mol. The number of thiocarbonyl (C=S) groups is 3. The fourth-order valence-corrected chi connectivity index (χ4v) is 2.03. The molecule has 0 aliphatic rings. The van der Waals surface area contributed by atoms with Crippen LogP contribution in [0.1, 0.15) is 13.3 Å². The van der Waals surface area contributed by atoms with Crippen molar-refractivity contribution >= 4 is 105 Å². The minimum Gasteiger partial charge on any atom is -0.463 e. The Kier molecular flexibility index (Phi) is 13.5. The number of ether oxygens (including phenoxy) is 3. The van der Waals surface area contributed by atoms with Crippen molar-refractivity contribution in [1.29, 1.82) is 0 Å². The highest BCUT2D eigenvalue weighted by molar-refractivity contribution is 7.79. The largest absolute Gasteiger partial charge is 0.463 e. The summed E-state index contributed by atoms with van der Waals surface area (Å²) in [4.78, 5) is 35.3. The van der Waals surface area contributed by atoms with Gasteiger partial charge in [-0.15, -0.1) is 34.8 Å². The minimum absolute atomic E-state index is 0.260. The molecular weight excluding hydrogens is 479 g/mol. The lowest BCUT2D eigenvalue weighted by molar-refractivity contribution is -0.160. The maximum absolute atomic E-state index is 11.8. The van der Waals surface area contributed by atoms with Gasteiger partial charge in [0, 0.05) is 16.1 Å². The third kappa shape index (κ3) is 9.54. The summed E-state index contributed by atoms with van der Waals surface area (Å²) in [5, 5.41) is -0.262. The van der Waals surface area contributed by atoms with Crippen LogP contribution in [0.4, 0.5) is 0 Å². The van der Waals surface area contributed by atoms with Crippen LogP contribution >= 0.6 is 71.5 Å². The van der Waals surface area contributed by atoms with Gasteiger partial charge in [-0.3, -0.25) is 14.4 Å². The summed E-state index contributed by atoms with van der Waals surface area (Å²) in [7, 11) is 0. The van der Waals surface area contributed by atoms with Crippen LogP contribution in [-0.2, 0) is 28.6 Å². The lowest BCUT2D eigenvalue weighted by Crippen LogP contribution is -2.41. The van der Waals surface area contributed by atoms with Crippen LogP contribution in [0.15, 0.2) is 0 Å². The average Bonchev–Trinajstić information content (AvgIpc) is 2.70. The zero-order chi connectivity index (χ0) is 21.0. The van der Waals surface area contributed by atoms with Gasteiger partial charge in [-0.2, -0.15) is 0 Å². The van der Waals surface area contributed by atoms with Crippen molar-refractivity contribution in [2.24, 2.45) is 5.41 Å². The standard InChI is InChI=1S/C15H17Cl3O6S3/c1-2-15(6-22-12(19)9(16)3-25,7-23-13(20)10(17)4-26)8-24-14(21)11(18)5-27/h3-5,9-11H,2,6-8H2,1H3. The van der Waals surface area contributed by atoms with Crippen LogP contribution in [0.25, 0.3) is 0 Å². The van der Waals surface area contributed by atoms with Gasteiger partial charge in [0.1, 0.15) is 19.8 Å². The molecule has 3 atom stereocenters. The molecule has 3 unspecified atom stereocenters. The molecule has 0 bridgehead atoms. The maximum Gasteiger partial charge on any atom is 0.328 e. The smallest absolute Gasteiger partial charge is 0.328 e. The molecule has 6 nitrogen and oxygen atoms in total. The molecule has 0 aliphatic carbocycles. The second-order valence-electron chi connectivity index (χ2n) is 5.29. The quantitative estimate of drug-likeness (QED) is 0.166. The SMILES string of the molecule is CCC(COC(=O)C(Cl)C=S)(COC(=O)C(Cl)C=S)COC(=O)C(Cl)C=S. The van der Waals surface area contributed by atoms with Crippen LogP contribution in [0.2, 0.25) is 0 Å². The second-order valence-corrected chi connectivity index (χ2v) is 7.52. The van der Waals surface area contributed by atoms with E-state index in [1.54, 1.807) is 6.92 Å². The van der Waals surface area contributed by atoms with Gasteiger partial charge in [0.15, 0.2) is 16.1 Å². The zero-order valence-corrected chi connectivity index (χ0v) is 18.8. The summed E-state index contributed by atoms with van der Waals surface area (Å²) in [5.41, 5.74) is -1.06. The van der Waals surface area contributed by atoms with E-state index >= 15 is 0 Å². The molecule has 0 aromatic carbocycles. The first kappa shape index (κ1) is 26.6. The molecule has 27 heavy (non-hydrogen) atoms. The van der Waals surface area contributed by atoms with Crippen LogP contribution in [0.5, 0.6) is 0 Å². The Morgan fingerprint density at radius 3 is 1.22 bits per heavy atom. The molecule has 0 radical (unpaired) electrons. The van der Waals surface area contributed by atoms with Gasteiger partial charge in [0.05, 0.1) is 5.41 Å². The van der Waals surface area contributed by atoms with E-state index < -0.39 is 39.5 Å². The summed E-state index contributed by atoms with van der Waals surface area (Å²) in [6, 6.07) is 0. The second kappa shape index (κ2) is 13.7. The van der Waals surface area contributed by atoms with E-state index in [9.17, 15) is 14.4 Å². The summed E-state index contributed by atoms with van der Waals surface area (Å²) < 4.78 is 15.3. The first-order chi connectivity index (χ1) is 12.7. The van der Waals surface area contributed by atoms with Gasteiger partial charge in [-0.25, -0.2) is 0 Å². The van der Waals surface area contributed by atoms with Crippen LogP contribution < -0.4 is 0 Å². The van der Waals surface area contributed by atoms with Crippen molar-refractivity contribution in [3.8, 4) is 0 Å². The van der Waals surface area contributed by atoms with Crippen LogP contribution in [-0.4, -0.2) is 70.0 Å². The fourth-order valence-electron chi connectivity index (χ4n) is 1.51. The van der Waals surface area contributed by atoms with Crippen LogP contribution in [0.3, 0.4) is 0 Å². The normalized spacial score (nSPS) is 16.0. The van der Waals surface area contributed by atoms with Crippen molar-refractivity contribution in [2.45, 2.75) is 29.5 Å². The number of halogens is 3. The third-order valence-corrected chi connectivity index (χ3v) is 5.52. The molecule has 0 amide bonds. The summed E-state index contributed by atoms with van der Waals surface area (Å²) in [6.45, 7) is 0.945. The van der Waals surface area contributed by atoms with Gasteiger partial charge < -0.3 is 14.2 Å². The van der Waals surface area contributed by atoms with Gasteiger partial charge in [-0.05, 0) is 6.42 Å². The number of hydrogen-bond acceptors (Lipinski definition) is 9. The number of rotatable bonds is 13. The number of alkyl halides is 3. The van der Waals surface area contributed by atoms with E-state index in [4.69, 9.17) is 49.0 Å². The molecule has 12 heteroatoms. The molecule has 0 saturated heterocycles. The van der Waals surface area contributed by atoms with E-state index in [1.807, 2.05) is 0 Å². The summed E-state index contributed by atoms with van der Waals surface area (Å²) in [6.07, 6.45) is 0.306. The molecule has 0 aliphatic heterocycles. The highest BCUT2D eigenvalue weighted by Gasteiger charge is 2.36. The third-order valence-electron chi connectivity index (χ3n) is 3.35. The van der Waals surface area contributed by atoms with Gasteiger partial charge in [0.25, 0.3) is 0 Å². The zero-order valence-electron chi connectivity index (χ0n) is 14.1. The van der Waals surface area contributed by atoms with Crippen LogP contribution in [0, 0.1) is 5.41 Å². The fraction of sp³-hybridized carbons (Fsp3) is 0.600. The molecule has 0 rings (SSSR count). The topological polar surface area (TPSA) is 78.9 Å². The lowest BCUT2D eigenvalue weighted by Gasteiger charge is -2.31. The van der Waals surface area contributed by atoms with Crippen molar-refractivity contribution in [1.82, 2.24) is 0 Å². The van der Waals surface area contributed by atoms with Crippen molar-refractivity contribution in [3.05, 3.63) is 0 Å². The van der Waals surface area contributed by atoms with Crippen molar-refractivity contribution < 1.29 is 28.6 Å². The van der Waals surface area contributed by atoms with Crippen molar-refractivity contribution in [2.75, 3.05) is 19.8 Å². The van der Waals surface area contributed by atoms with E-state index in [-0.39, 0.29) is 19.8 Å². The molecule has 0 spiro atoms. The Morgan fingerprint density at radius 1 is 0.778 bits per heavy atom. The van der Waals surface area contributed by atoms with Crippen molar-refractivity contribution in [3.63, 3.8) is 0 Å². The molecule has 0 fully saturated rings. The number of carbonyl (C=O) groups excluding carboxylic acids is 3. The first-order valence-corrected chi connectivity index (χ1v) is 10.2. The monoisotopic (exact) mass is 494 g/mol. The predicted octanol–water partition coefficient (Wildman–Crippen LogP) is 2.83. The minimum atomic E-state index is -1.12. The van der Waals surface area contributed by atoms with E-state index in [1.165, 1.54) is 0 Å². The van der Waals surface area contributed by atoms with E-state index in [2.05, 4.69) is 36.7 Å². The molecule has 0 N–H and O–H groups in total. The number of carbonyl (C=O) groups is 3. The Labute approximate surface area is 188 Å². The van der Waals surface area contributed by atoms with Gasteiger partial charge in [0.2, 0.25) is 0 Å². The molecule has 0 aromatic heterocycles. The Balaban J connectivity index is 5.21. The number of esters is 3. The molecular formula is C15H17Cl3O6S3. The molecule has 0 heterocycles. The molecule has 0 aromatic rings. The highest BCUT2D eigenvalue weighted by atomic mass is 35.5. The highest BCUT2D eigenvalue weighted by Crippen LogP contribution is 2.25. The Morgan fingerprint density at radius 2 is 1.04 bits per heavy atom.